The third-order valence-electron chi connectivity index (χ3n) is 4.24. The summed E-state index contributed by atoms with van der Waals surface area (Å²) in [5.74, 6) is 0.0554. The highest BCUT2D eigenvalue weighted by atomic mass is 16.1. The van der Waals surface area contributed by atoms with Crippen LogP contribution >= 0.6 is 0 Å². The van der Waals surface area contributed by atoms with Gasteiger partial charge in [-0.2, -0.15) is 5.26 Å². The molecule has 0 saturated carbocycles. The molecule has 22 heavy (non-hydrogen) atoms. The van der Waals surface area contributed by atoms with Crippen LogP contribution in [0.5, 0.6) is 0 Å². The summed E-state index contributed by atoms with van der Waals surface area (Å²) in [6.45, 7) is 0.503. The van der Waals surface area contributed by atoms with Gasteiger partial charge in [-0.3, -0.25) is 4.79 Å². The Morgan fingerprint density at radius 3 is 2.73 bits per heavy atom. The van der Waals surface area contributed by atoms with E-state index in [1.165, 1.54) is 11.1 Å². The highest BCUT2D eigenvalue weighted by molar-refractivity contribution is 5.84. The Morgan fingerprint density at radius 2 is 1.95 bits per heavy atom. The second kappa shape index (κ2) is 6.44. The maximum Gasteiger partial charge on any atom is 0.227 e. The molecule has 0 saturated heterocycles. The van der Waals surface area contributed by atoms with E-state index in [1.54, 1.807) is 12.1 Å². The molecule has 1 amide bonds. The van der Waals surface area contributed by atoms with Crippen LogP contribution < -0.4 is 5.32 Å². The lowest BCUT2D eigenvalue weighted by molar-refractivity contribution is -0.123. The normalized spacial score (nSPS) is 16.4. The van der Waals surface area contributed by atoms with Crippen LogP contribution in [0.2, 0.25) is 0 Å². The third-order valence-corrected chi connectivity index (χ3v) is 4.24. The predicted molar refractivity (Wildman–Crippen MR) is 85.1 cm³/mol. The van der Waals surface area contributed by atoms with Crippen molar-refractivity contribution in [2.24, 2.45) is 0 Å². The molecule has 1 N–H and O–H groups in total. The van der Waals surface area contributed by atoms with E-state index in [0.29, 0.717) is 12.1 Å². The van der Waals surface area contributed by atoms with E-state index >= 15 is 0 Å². The van der Waals surface area contributed by atoms with Crippen molar-refractivity contribution in [3.8, 4) is 6.07 Å². The van der Waals surface area contributed by atoms with Gasteiger partial charge in [-0.25, -0.2) is 0 Å². The molecule has 1 unspecified atom stereocenters. The van der Waals surface area contributed by atoms with Gasteiger partial charge >= 0.3 is 0 Å². The number of rotatable bonds is 3. The summed E-state index contributed by atoms with van der Waals surface area (Å²) in [5, 5.41) is 11.8. The van der Waals surface area contributed by atoms with Gasteiger partial charge in [0, 0.05) is 6.54 Å². The maximum absolute atomic E-state index is 12.5. The van der Waals surface area contributed by atoms with Crippen molar-refractivity contribution in [3.05, 3.63) is 70.8 Å². The molecule has 3 nitrogen and oxygen atoms in total. The van der Waals surface area contributed by atoms with Crippen molar-refractivity contribution in [1.29, 1.82) is 5.26 Å². The minimum absolute atomic E-state index is 0.0386. The highest BCUT2D eigenvalue weighted by Crippen LogP contribution is 2.31. The minimum atomic E-state index is -0.0386. The Balaban J connectivity index is 1.66. The first-order chi connectivity index (χ1) is 10.8. The molecule has 3 heteroatoms. The van der Waals surface area contributed by atoms with Gasteiger partial charge in [0.05, 0.1) is 17.6 Å². The third kappa shape index (κ3) is 3.01. The number of nitriles is 1. The molecule has 2 aromatic carbocycles. The van der Waals surface area contributed by atoms with Crippen molar-refractivity contribution in [2.75, 3.05) is 0 Å². The second-order valence-corrected chi connectivity index (χ2v) is 5.67. The molecule has 0 aromatic heterocycles. The molecule has 110 valence electrons. The largest absolute Gasteiger partial charge is 0.351 e. The van der Waals surface area contributed by atoms with E-state index in [0.717, 1.165) is 24.8 Å². The standard InChI is InChI=1S/C19H18N2O/c20-12-14-8-10-15(11-9-14)13-21-19(22)18-7-3-5-16-4-1-2-6-17(16)18/h1-2,4,6,8-11,18H,3,5,7,13H2,(H,21,22). The first-order valence-corrected chi connectivity index (χ1v) is 7.62. The number of aryl methyl sites for hydroxylation is 1. The van der Waals surface area contributed by atoms with E-state index in [9.17, 15) is 4.79 Å². The summed E-state index contributed by atoms with van der Waals surface area (Å²) in [5.41, 5.74) is 4.12. The summed E-state index contributed by atoms with van der Waals surface area (Å²) < 4.78 is 0. The lowest BCUT2D eigenvalue weighted by Gasteiger charge is -2.24. The summed E-state index contributed by atoms with van der Waals surface area (Å²) in [6, 6.07) is 17.6. The molecule has 1 aliphatic rings. The number of nitrogens with zero attached hydrogens (tertiary/aromatic N) is 1. The fourth-order valence-corrected chi connectivity index (χ4v) is 3.04. The van der Waals surface area contributed by atoms with E-state index < -0.39 is 0 Å². The van der Waals surface area contributed by atoms with E-state index in [1.807, 2.05) is 24.3 Å². The summed E-state index contributed by atoms with van der Waals surface area (Å²) in [7, 11) is 0. The number of nitrogens with one attached hydrogen (secondary N) is 1. The first-order valence-electron chi connectivity index (χ1n) is 7.62. The predicted octanol–water partition coefficient (Wildman–Crippen LogP) is 3.29. The van der Waals surface area contributed by atoms with E-state index in [2.05, 4.69) is 23.5 Å². The topological polar surface area (TPSA) is 52.9 Å². The number of hydrogen-bond donors (Lipinski definition) is 1. The lowest BCUT2D eigenvalue weighted by Crippen LogP contribution is -2.31. The Morgan fingerprint density at radius 1 is 1.18 bits per heavy atom. The number of benzene rings is 2. The van der Waals surface area contributed by atoms with Gasteiger partial charge in [0.2, 0.25) is 5.91 Å². The summed E-state index contributed by atoms with van der Waals surface area (Å²) in [4.78, 5) is 12.5. The Bertz CT molecular complexity index is 713. The lowest BCUT2D eigenvalue weighted by atomic mass is 9.82. The molecule has 1 atom stereocenters. The zero-order valence-corrected chi connectivity index (χ0v) is 12.4. The minimum Gasteiger partial charge on any atom is -0.351 e. The van der Waals surface area contributed by atoms with Crippen LogP contribution in [0, 0.1) is 11.3 Å². The van der Waals surface area contributed by atoms with Gasteiger partial charge in [-0.05, 0) is 48.1 Å². The van der Waals surface area contributed by atoms with Crippen molar-refractivity contribution < 1.29 is 4.79 Å². The van der Waals surface area contributed by atoms with Crippen LogP contribution in [0.3, 0.4) is 0 Å². The van der Waals surface area contributed by atoms with Crippen LogP contribution in [0.4, 0.5) is 0 Å². The molecular formula is C19H18N2O. The van der Waals surface area contributed by atoms with Crippen molar-refractivity contribution in [3.63, 3.8) is 0 Å². The van der Waals surface area contributed by atoms with Crippen LogP contribution in [-0.4, -0.2) is 5.91 Å². The molecule has 0 spiro atoms. The average molecular weight is 290 g/mol. The summed E-state index contributed by atoms with van der Waals surface area (Å²) >= 11 is 0. The smallest absolute Gasteiger partial charge is 0.227 e. The zero-order valence-electron chi connectivity index (χ0n) is 12.4. The Kier molecular flexibility index (Phi) is 4.20. The maximum atomic E-state index is 12.5. The SMILES string of the molecule is N#Cc1ccc(CNC(=O)C2CCCc3ccccc32)cc1. The van der Waals surface area contributed by atoms with Crippen LogP contribution in [0.25, 0.3) is 0 Å². The zero-order chi connectivity index (χ0) is 15.4. The van der Waals surface area contributed by atoms with Gasteiger partial charge in [-0.1, -0.05) is 36.4 Å². The molecule has 2 aromatic rings. The van der Waals surface area contributed by atoms with Crippen LogP contribution in [0.15, 0.2) is 48.5 Å². The molecule has 0 radical (unpaired) electrons. The van der Waals surface area contributed by atoms with Gasteiger partial charge in [0.15, 0.2) is 0 Å². The number of carbonyl (C=O) groups is 1. The average Bonchev–Trinajstić information content (AvgIpc) is 2.59. The fourth-order valence-electron chi connectivity index (χ4n) is 3.04. The first kappa shape index (κ1) is 14.3. The number of amides is 1. The highest BCUT2D eigenvalue weighted by Gasteiger charge is 2.25. The van der Waals surface area contributed by atoms with Crippen LogP contribution in [0.1, 0.15) is 41.0 Å². The number of hydrogen-bond acceptors (Lipinski definition) is 2. The Hall–Kier alpha value is -2.60. The van der Waals surface area contributed by atoms with Crippen LogP contribution in [-0.2, 0) is 17.8 Å². The fraction of sp³-hybridized carbons (Fsp3) is 0.263. The van der Waals surface area contributed by atoms with Gasteiger partial charge in [-0.15, -0.1) is 0 Å². The van der Waals surface area contributed by atoms with Gasteiger partial charge < -0.3 is 5.32 Å². The molecule has 0 aliphatic heterocycles. The molecule has 0 fully saturated rings. The van der Waals surface area contributed by atoms with Crippen molar-refractivity contribution in [2.45, 2.75) is 31.7 Å². The Labute approximate surface area is 130 Å². The molecule has 0 heterocycles. The molecule has 0 bridgehead atoms. The number of fused-ring (bicyclic) bond motifs is 1. The van der Waals surface area contributed by atoms with Gasteiger partial charge in [0.25, 0.3) is 0 Å². The van der Waals surface area contributed by atoms with Crippen molar-refractivity contribution >= 4 is 5.91 Å². The monoisotopic (exact) mass is 290 g/mol. The van der Waals surface area contributed by atoms with E-state index in [4.69, 9.17) is 5.26 Å². The summed E-state index contributed by atoms with van der Waals surface area (Å²) in [6.07, 6.45) is 3.04. The quantitative estimate of drug-likeness (QED) is 0.943. The van der Waals surface area contributed by atoms with Crippen molar-refractivity contribution in [1.82, 2.24) is 5.32 Å². The molecule has 3 rings (SSSR count). The van der Waals surface area contributed by atoms with E-state index in [-0.39, 0.29) is 11.8 Å². The van der Waals surface area contributed by atoms with Gasteiger partial charge in [0.1, 0.15) is 0 Å². The molecule has 1 aliphatic carbocycles. The number of carbonyl (C=O) groups excluding carboxylic acids is 1. The second-order valence-electron chi connectivity index (χ2n) is 5.67. The molecular weight excluding hydrogens is 272 g/mol.